The highest BCUT2D eigenvalue weighted by Crippen LogP contribution is 2.03. The Bertz CT molecular complexity index is 93.2. The van der Waals surface area contributed by atoms with E-state index in [0.717, 1.165) is 19.8 Å². The molecule has 0 unspecified atom stereocenters. The van der Waals surface area contributed by atoms with Crippen LogP contribution in [0.15, 0.2) is 0 Å². The summed E-state index contributed by atoms with van der Waals surface area (Å²) in [6.45, 7) is 3.58. The van der Waals surface area contributed by atoms with E-state index in [1.54, 1.807) is 0 Å². The maximum atomic E-state index is 9.00. The number of carboxylic acid groups (broad SMARTS) is 1. The van der Waals surface area contributed by atoms with Gasteiger partial charge in [0, 0.05) is 20.1 Å². The molecule has 74 valence electrons. The van der Waals surface area contributed by atoms with Crippen molar-refractivity contribution in [3.63, 3.8) is 0 Å². The van der Waals surface area contributed by atoms with E-state index >= 15 is 0 Å². The third-order valence-corrected chi connectivity index (χ3v) is 1.24. The van der Waals surface area contributed by atoms with Gasteiger partial charge >= 0.3 is 0 Å². The highest BCUT2D eigenvalue weighted by atomic mass is 16.4. The lowest BCUT2D eigenvalue weighted by molar-refractivity contribution is -0.134. The topological polar surface area (TPSA) is 77.8 Å². The van der Waals surface area contributed by atoms with Crippen LogP contribution >= 0.6 is 0 Å². The number of hydrogen-bond donors (Lipinski definition) is 3. The van der Waals surface area contributed by atoms with Crippen LogP contribution < -0.4 is 0 Å². The smallest absolute Gasteiger partial charge is 0.300 e. The summed E-state index contributed by atoms with van der Waals surface area (Å²) in [5.41, 5.74) is 0. The molecule has 0 bridgehead atoms. The first-order chi connectivity index (χ1) is 5.54. The molecule has 0 rings (SSSR count). The zero-order valence-corrected chi connectivity index (χ0v) is 7.66. The van der Waals surface area contributed by atoms with Gasteiger partial charge < -0.3 is 15.3 Å². The third kappa shape index (κ3) is 22.8. The SMILES string of the molecule is CC(=O)O.CC(CCO)CCO. The van der Waals surface area contributed by atoms with Crippen LogP contribution in [-0.4, -0.2) is 34.5 Å². The average molecular weight is 178 g/mol. The van der Waals surface area contributed by atoms with E-state index in [-0.39, 0.29) is 13.2 Å². The van der Waals surface area contributed by atoms with Crippen LogP contribution in [0.3, 0.4) is 0 Å². The van der Waals surface area contributed by atoms with Gasteiger partial charge in [0.15, 0.2) is 0 Å². The number of carboxylic acids is 1. The molecule has 0 fully saturated rings. The summed E-state index contributed by atoms with van der Waals surface area (Å²) in [6.07, 6.45) is 1.61. The van der Waals surface area contributed by atoms with Crippen molar-refractivity contribution in [3.8, 4) is 0 Å². The van der Waals surface area contributed by atoms with Crippen LogP contribution in [0.4, 0.5) is 0 Å². The minimum atomic E-state index is -0.833. The van der Waals surface area contributed by atoms with Gasteiger partial charge in [-0.1, -0.05) is 6.92 Å². The maximum Gasteiger partial charge on any atom is 0.300 e. The number of hydrogen-bond acceptors (Lipinski definition) is 3. The number of aliphatic hydroxyl groups excluding tert-OH is 2. The molecule has 4 nitrogen and oxygen atoms in total. The van der Waals surface area contributed by atoms with Crippen molar-refractivity contribution in [3.05, 3.63) is 0 Å². The van der Waals surface area contributed by atoms with Gasteiger partial charge in [-0.05, 0) is 18.8 Å². The van der Waals surface area contributed by atoms with Crippen molar-refractivity contribution in [2.45, 2.75) is 26.7 Å². The molecule has 0 spiro atoms. The maximum absolute atomic E-state index is 9.00. The van der Waals surface area contributed by atoms with Crippen LogP contribution in [0, 0.1) is 5.92 Å². The van der Waals surface area contributed by atoms with Crippen molar-refractivity contribution < 1.29 is 20.1 Å². The van der Waals surface area contributed by atoms with E-state index in [0.29, 0.717) is 5.92 Å². The molecule has 0 aliphatic rings. The fourth-order valence-electron chi connectivity index (χ4n) is 0.585. The van der Waals surface area contributed by atoms with Crippen LogP contribution in [0.25, 0.3) is 0 Å². The number of rotatable bonds is 4. The summed E-state index contributed by atoms with van der Waals surface area (Å²) in [5, 5.41) is 24.2. The standard InChI is InChI=1S/C6H14O2.C2H4O2/c1-6(2-4-7)3-5-8;1-2(3)4/h6-8H,2-5H2,1H3;1H3,(H,3,4). The van der Waals surface area contributed by atoms with Gasteiger partial charge in [0.05, 0.1) is 0 Å². The summed E-state index contributed by atoms with van der Waals surface area (Å²) in [4.78, 5) is 9.00. The van der Waals surface area contributed by atoms with Crippen molar-refractivity contribution in [2.75, 3.05) is 13.2 Å². The average Bonchev–Trinajstić information content (AvgIpc) is 1.87. The van der Waals surface area contributed by atoms with Crippen LogP contribution in [-0.2, 0) is 4.79 Å². The molecule has 0 aliphatic carbocycles. The highest BCUT2D eigenvalue weighted by Gasteiger charge is 1.97. The van der Waals surface area contributed by atoms with E-state index < -0.39 is 5.97 Å². The Morgan fingerprint density at radius 3 is 1.67 bits per heavy atom. The second kappa shape index (κ2) is 10.4. The van der Waals surface area contributed by atoms with Gasteiger partial charge in [0.25, 0.3) is 5.97 Å². The fraction of sp³-hybridized carbons (Fsp3) is 0.875. The minimum absolute atomic E-state index is 0.237. The van der Waals surface area contributed by atoms with Gasteiger partial charge in [-0.15, -0.1) is 0 Å². The van der Waals surface area contributed by atoms with Gasteiger partial charge in [-0.2, -0.15) is 0 Å². The Labute approximate surface area is 72.8 Å². The number of aliphatic carboxylic acids is 1. The van der Waals surface area contributed by atoms with Gasteiger partial charge in [-0.25, -0.2) is 0 Å². The second-order valence-electron chi connectivity index (χ2n) is 2.65. The molecule has 0 aromatic heterocycles. The van der Waals surface area contributed by atoms with E-state index in [1.807, 2.05) is 6.92 Å². The highest BCUT2D eigenvalue weighted by molar-refractivity contribution is 5.62. The molecule has 0 saturated carbocycles. The molecule has 12 heavy (non-hydrogen) atoms. The Hall–Kier alpha value is -0.610. The Kier molecular flexibility index (Phi) is 12.1. The van der Waals surface area contributed by atoms with Crippen molar-refractivity contribution in [1.29, 1.82) is 0 Å². The van der Waals surface area contributed by atoms with E-state index in [2.05, 4.69) is 0 Å². The zero-order chi connectivity index (χ0) is 9.98. The number of aliphatic hydroxyl groups is 2. The Balaban J connectivity index is 0. The summed E-state index contributed by atoms with van der Waals surface area (Å²) in [7, 11) is 0. The third-order valence-electron chi connectivity index (χ3n) is 1.24. The minimum Gasteiger partial charge on any atom is -0.481 e. The molecule has 4 heteroatoms. The molecule has 0 amide bonds. The van der Waals surface area contributed by atoms with Crippen molar-refractivity contribution in [1.82, 2.24) is 0 Å². The predicted molar refractivity (Wildman–Crippen MR) is 45.9 cm³/mol. The van der Waals surface area contributed by atoms with E-state index in [9.17, 15) is 0 Å². The molecule has 0 saturated heterocycles. The monoisotopic (exact) mass is 178 g/mol. The predicted octanol–water partition coefficient (Wildman–Crippen LogP) is 0.478. The molecule has 3 N–H and O–H groups in total. The second-order valence-corrected chi connectivity index (χ2v) is 2.65. The summed E-state index contributed by atoms with van der Waals surface area (Å²) >= 11 is 0. The largest absolute Gasteiger partial charge is 0.481 e. The van der Waals surface area contributed by atoms with E-state index in [4.69, 9.17) is 20.1 Å². The first kappa shape index (κ1) is 13.9. The molecule has 0 aromatic carbocycles. The van der Waals surface area contributed by atoms with Crippen LogP contribution in [0.5, 0.6) is 0 Å². The van der Waals surface area contributed by atoms with E-state index in [1.165, 1.54) is 0 Å². The molecule has 0 aliphatic heterocycles. The molecule has 0 atom stereocenters. The lowest BCUT2D eigenvalue weighted by Gasteiger charge is -2.04. The fourth-order valence-corrected chi connectivity index (χ4v) is 0.585. The van der Waals surface area contributed by atoms with Gasteiger partial charge in [0.1, 0.15) is 0 Å². The summed E-state index contributed by atoms with van der Waals surface area (Å²) in [5.74, 6) is -0.370. The molecular formula is C8H18O4. The van der Waals surface area contributed by atoms with Gasteiger partial charge in [0.2, 0.25) is 0 Å². The molecule has 0 heterocycles. The molecular weight excluding hydrogens is 160 g/mol. The lowest BCUT2D eigenvalue weighted by Crippen LogP contribution is -1.99. The van der Waals surface area contributed by atoms with Gasteiger partial charge in [-0.3, -0.25) is 4.79 Å². The summed E-state index contributed by atoms with van der Waals surface area (Å²) < 4.78 is 0. The van der Waals surface area contributed by atoms with Crippen LogP contribution in [0.1, 0.15) is 26.7 Å². The quantitative estimate of drug-likeness (QED) is 0.585. The van der Waals surface area contributed by atoms with Crippen molar-refractivity contribution in [2.24, 2.45) is 5.92 Å². The first-order valence-corrected chi connectivity index (χ1v) is 3.95. The molecule has 0 aromatic rings. The lowest BCUT2D eigenvalue weighted by atomic mass is 10.1. The zero-order valence-electron chi connectivity index (χ0n) is 7.66. The normalized spacial score (nSPS) is 9.08. The van der Waals surface area contributed by atoms with Crippen molar-refractivity contribution >= 4 is 5.97 Å². The first-order valence-electron chi connectivity index (χ1n) is 3.95. The Morgan fingerprint density at radius 1 is 1.25 bits per heavy atom. The number of carbonyl (C=O) groups is 1. The Morgan fingerprint density at radius 2 is 1.50 bits per heavy atom. The molecule has 0 radical (unpaired) electrons. The van der Waals surface area contributed by atoms with Crippen LogP contribution in [0.2, 0.25) is 0 Å². The summed E-state index contributed by atoms with van der Waals surface area (Å²) in [6, 6.07) is 0.